The van der Waals surface area contributed by atoms with Crippen molar-refractivity contribution in [3.8, 4) is 0 Å². The molecule has 0 saturated carbocycles. The summed E-state index contributed by atoms with van der Waals surface area (Å²) in [5.74, 6) is 0.113. The number of carbonyl (C=O) groups excluding carboxylic acids is 2. The second-order valence-electron chi connectivity index (χ2n) is 3.38. The van der Waals surface area contributed by atoms with Gasteiger partial charge in [0.25, 0.3) is 0 Å². The molecule has 0 aliphatic rings. The number of hydrogen-bond acceptors (Lipinski definition) is 4. The SMILES string of the molecule is CN=C=O.CNC(=O)N(C)C(N)=Nc1ccc(Cl)cc1. The van der Waals surface area contributed by atoms with E-state index in [1.165, 1.54) is 32.1 Å². The Kier molecular flexibility index (Phi) is 8.41. The first-order valence-electron chi connectivity index (χ1n) is 5.47. The number of amides is 2. The van der Waals surface area contributed by atoms with E-state index < -0.39 is 0 Å². The Morgan fingerprint density at radius 2 is 1.90 bits per heavy atom. The Morgan fingerprint density at radius 3 is 2.30 bits per heavy atom. The molecule has 1 rings (SSSR count). The van der Waals surface area contributed by atoms with Gasteiger partial charge in [0.05, 0.1) is 5.69 Å². The van der Waals surface area contributed by atoms with Gasteiger partial charge in [-0.3, -0.25) is 4.90 Å². The van der Waals surface area contributed by atoms with Crippen LogP contribution in [0.4, 0.5) is 10.5 Å². The molecule has 0 atom stereocenters. The number of guanidine groups is 1. The van der Waals surface area contributed by atoms with Gasteiger partial charge in [0.15, 0.2) is 0 Å². The van der Waals surface area contributed by atoms with Gasteiger partial charge >= 0.3 is 6.03 Å². The van der Waals surface area contributed by atoms with Crippen LogP contribution in [0, 0.1) is 0 Å². The molecule has 108 valence electrons. The molecule has 2 amide bonds. The van der Waals surface area contributed by atoms with Crippen molar-refractivity contribution in [3.05, 3.63) is 29.3 Å². The summed E-state index contributed by atoms with van der Waals surface area (Å²) in [6.45, 7) is 0. The molecule has 20 heavy (non-hydrogen) atoms. The zero-order valence-electron chi connectivity index (χ0n) is 11.4. The standard InChI is InChI=1S/C10H13ClN4O.C2H3NO/c1-13-10(16)15(2)9(12)14-8-5-3-7(11)4-6-8;1-3-2-4/h3-6H,1-2H3,(H2,12,14)(H,13,16);1H3. The topological polar surface area (TPSA) is 100 Å². The van der Waals surface area contributed by atoms with E-state index in [4.69, 9.17) is 22.1 Å². The second kappa shape index (κ2) is 9.55. The number of aliphatic imine (C=N–C) groups is 2. The summed E-state index contributed by atoms with van der Waals surface area (Å²) in [6, 6.07) is 6.51. The number of hydrogen-bond donors (Lipinski definition) is 2. The van der Waals surface area contributed by atoms with Gasteiger partial charge in [-0.05, 0) is 24.3 Å². The fraction of sp³-hybridized carbons (Fsp3) is 0.250. The van der Waals surface area contributed by atoms with Crippen molar-refractivity contribution < 1.29 is 9.59 Å². The van der Waals surface area contributed by atoms with Crippen LogP contribution in [0.25, 0.3) is 0 Å². The molecule has 1 aromatic carbocycles. The zero-order chi connectivity index (χ0) is 15.5. The minimum atomic E-state index is -0.324. The van der Waals surface area contributed by atoms with Crippen LogP contribution in [-0.2, 0) is 4.79 Å². The zero-order valence-corrected chi connectivity index (χ0v) is 12.2. The maximum Gasteiger partial charge on any atom is 0.323 e. The lowest BCUT2D eigenvalue weighted by Gasteiger charge is -2.14. The maximum atomic E-state index is 11.2. The van der Waals surface area contributed by atoms with Crippen molar-refractivity contribution in [2.75, 3.05) is 21.1 Å². The van der Waals surface area contributed by atoms with Gasteiger partial charge < -0.3 is 11.1 Å². The highest BCUT2D eigenvalue weighted by atomic mass is 35.5. The first-order chi connectivity index (χ1) is 9.46. The van der Waals surface area contributed by atoms with E-state index in [-0.39, 0.29) is 12.0 Å². The van der Waals surface area contributed by atoms with E-state index >= 15 is 0 Å². The van der Waals surface area contributed by atoms with Crippen LogP contribution in [-0.4, -0.2) is 44.1 Å². The minimum Gasteiger partial charge on any atom is -0.369 e. The van der Waals surface area contributed by atoms with Crippen LogP contribution in [0.15, 0.2) is 34.3 Å². The molecule has 0 radical (unpaired) electrons. The summed E-state index contributed by atoms with van der Waals surface area (Å²) in [7, 11) is 4.44. The lowest BCUT2D eigenvalue weighted by Crippen LogP contribution is -2.43. The molecule has 0 aromatic heterocycles. The molecule has 0 saturated heterocycles. The highest BCUT2D eigenvalue weighted by molar-refractivity contribution is 6.30. The molecule has 0 heterocycles. The predicted molar refractivity (Wildman–Crippen MR) is 79.0 cm³/mol. The molecule has 8 heteroatoms. The monoisotopic (exact) mass is 297 g/mol. The van der Waals surface area contributed by atoms with Gasteiger partial charge in [-0.1, -0.05) is 11.6 Å². The number of halogens is 1. The van der Waals surface area contributed by atoms with E-state index in [9.17, 15) is 4.79 Å². The van der Waals surface area contributed by atoms with Crippen molar-refractivity contribution >= 4 is 35.4 Å². The minimum absolute atomic E-state index is 0.113. The number of benzene rings is 1. The molecule has 7 nitrogen and oxygen atoms in total. The van der Waals surface area contributed by atoms with Crippen molar-refractivity contribution in [2.45, 2.75) is 0 Å². The van der Waals surface area contributed by atoms with E-state index in [2.05, 4.69) is 15.3 Å². The van der Waals surface area contributed by atoms with Crippen LogP contribution < -0.4 is 11.1 Å². The second-order valence-corrected chi connectivity index (χ2v) is 3.81. The van der Waals surface area contributed by atoms with Crippen molar-refractivity contribution in [3.63, 3.8) is 0 Å². The molecule has 0 aliphatic heterocycles. The molecule has 0 aliphatic carbocycles. The summed E-state index contributed by atoms with van der Waals surface area (Å²) in [5.41, 5.74) is 6.28. The molecule has 0 bridgehead atoms. The Bertz CT molecular complexity index is 509. The third kappa shape index (κ3) is 6.53. The summed E-state index contributed by atoms with van der Waals surface area (Å²) in [4.78, 5) is 28.3. The van der Waals surface area contributed by atoms with E-state index in [0.29, 0.717) is 10.7 Å². The maximum absolute atomic E-state index is 11.2. The normalized spacial score (nSPS) is 9.70. The summed E-state index contributed by atoms with van der Waals surface area (Å²) in [5, 5.41) is 3.07. The number of nitrogens with two attached hydrogens (primary N) is 1. The number of carbonyl (C=O) groups is 1. The molecule has 0 fully saturated rings. The molecular weight excluding hydrogens is 282 g/mol. The Morgan fingerprint density at radius 1 is 1.40 bits per heavy atom. The quantitative estimate of drug-likeness (QED) is 0.467. The van der Waals surface area contributed by atoms with E-state index in [1.807, 2.05) is 0 Å². The Labute approximate surface area is 122 Å². The molecule has 3 N–H and O–H groups in total. The Hall–Kier alpha value is -2.37. The lowest BCUT2D eigenvalue weighted by molar-refractivity contribution is 0.228. The third-order valence-electron chi connectivity index (χ3n) is 2.02. The highest BCUT2D eigenvalue weighted by Gasteiger charge is 2.09. The number of nitrogens with one attached hydrogen (secondary N) is 1. The van der Waals surface area contributed by atoms with Crippen LogP contribution >= 0.6 is 11.6 Å². The number of nitrogens with zero attached hydrogens (tertiary/aromatic N) is 3. The first-order valence-corrected chi connectivity index (χ1v) is 5.85. The molecule has 0 spiro atoms. The van der Waals surface area contributed by atoms with Crippen LogP contribution in [0.2, 0.25) is 5.02 Å². The van der Waals surface area contributed by atoms with Crippen LogP contribution in [0.3, 0.4) is 0 Å². The number of isocyanates is 1. The van der Waals surface area contributed by atoms with Crippen LogP contribution in [0.1, 0.15) is 0 Å². The van der Waals surface area contributed by atoms with Crippen LogP contribution in [0.5, 0.6) is 0 Å². The Balaban J connectivity index is 0.000000796. The van der Waals surface area contributed by atoms with Crippen molar-refractivity contribution in [2.24, 2.45) is 15.7 Å². The molecular formula is C12H16ClN5O2. The fourth-order valence-corrected chi connectivity index (χ4v) is 1.12. The average molecular weight is 298 g/mol. The van der Waals surface area contributed by atoms with Gasteiger partial charge in [-0.15, -0.1) is 0 Å². The highest BCUT2D eigenvalue weighted by Crippen LogP contribution is 2.16. The third-order valence-corrected chi connectivity index (χ3v) is 2.28. The van der Waals surface area contributed by atoms with Crippen molar-refractivity contribution in [1.82, 2.24) is 10.2 Å². The molecule has 1 aromatic rings. The van der Waals surface area contributed by atoms with Gasteiger partial charge in [-0.2, -0.15) is 0 Å². The fourth-order valence-electron chi connectivity index (χ4n) is 0.995. The average Bonchev–Trinajstić information content (AvgIpc) is 2.48. The largest absolute Gasteiger partial charge is 0.369 e. The lowest BCUT2D eigenvalue weighted by atomic mass is 10.3. The van der Waals surface area contributed by atoms with Gasteiger partial charge in [0.2, 0.25) is 12.0 Å². The smallest absolute Gasteiger partial charge is 0.323 e. The first kappa shape index (κ1) is 17.6. The summed E-state index contributed by atoms with van der Waals surface area (Å²) >= 11 is 5.73. The van der Waals surface area contributed by atoms with Gasteiger partial charge in [0.1, 0.15) is 0 Å². The number of rotatable bonds is 1. The van der Waals surface area contributed by atoms with E-state index in [1.54, 1.807) is 24.3 Å². The summed E-state index contributed by atoms with van der Waals surface area (Å²) < 4.78 is 0. The van der Waals surface area contributed by atoms with Crippen molar-refractivity contribution in [1.29, 1.82) is 0 Å². The predicted octanol–water partition coefficient (Wildman–Crippen LogP) is 1.51. The molecule has 0 unspecified atom stereocenters. The number of urea groups is 1. The summed E-state index contributed by atoms with van der Waals surface area (Å²) in [6.07, 6.45) is 1.31. The van der Waals surface area contributed by atoms with Gasteiger partial charge in [-0.25, -0.2) is 19.6 Å². The van der Waals surface area contributed by atoms with E-state index in [0.717, 1.165) is 0 Å². The van der Waals surface area contributed by atoms with Gasteiger partial charge in [0, 0.05) is 26.2 Å².